The number of imidazole rings is 1. The van der Waals surface area contributed by atoms with Crippen LogP contribution in [0.4, 0.5) is 5.69 Å². The third-order valence-corrected chi connectivity index (χ3v) is 3.84. The summed E-state index contributed by atoms with van der Waals surface area (Å²) in [7, 11) is 0. The van der Waals surface area contributed by atoms with Crippen LogP contribution in [0.15, 0.2) is 53.3 Å². The molecule has 3 rings (SSSR count). The van der Waals surface area contributed by atoms with Gasteiger partial charge >= 0.3 is 5.69 Å². The third kappa shape index (κ3) is 2.53. The molecule has 0 bridgehead atoms. The first-order chi connectivity index (χ1) is 10.5. The number of aromatic amines is 2. The molecule has 0 aliphatic rings. The first kappa shape index (κ1) is 14.1. The monoisotopic (exact) mass is 295 g/mol. The van der Waals surface area contributed by atoms with Crippen LogP contribution < -0.4 is 11.0 Å². The third-order valence-electron chi connectivity index (χ3n) is 3.84. The van der Waals surface area contributed by atoms with E-state index in [2.05, 4.69) is 15.3 Å². The Kier molecular flexibility index (Phi) is 3.33. The molecule has 112 valence electrons. The predicted octanol–water partition coefficient (Wildman–Crippen LogP) is 2.77. The number of hydrogen-bond donors (Lipinski definition) is 3. The van der Waals surface area contributed by atoms with Crippen LogP contribution in [0.2, 0.25) is 0 Å². The Labute approximate surface area is 127 Å². The summed E-state index contributed by atoms with van der Waals surface area (Å²) in [6, 6.07) is 14.9. The van der Waals surface area contributed by atoms with Crippen molar-refractivity contribution in [3.63, 3.8) is 0 Å². The van der Waals surface area contributed by atoms with Crippen molar-refractivity contribution in [2.45, 2.75) is 19.3 Å². The molecule has 0 unspecified atom stereocenters. The van der Waals surface area contributed by atoms with Crippen LogP contribution in [0.3, 0.4) is 0 Å². The van der Waals surface area contributed by atoms with Crippen LogP contribution in [0.25, 0.3) is 11.0 Å². The summed E-state index contributed by atoms with van der Waals surface area (Å²) < 4.78 is 0. The van der Waals surface area contributed by atoms with Gasteiger partial charge in [0, 0.05) is 5.69 Å². The van der Waals surface area contributed by atoms with E-state index in [0.717, 1.165) is 5.56 Å². The molecule has 3 N–H and O–H groups in total. The van der Waals surface area contributed by atoms with Crippen molar-refractivity contribution < 1.29 is 4.79 Å². The SMILES string of the molecule is CC(C)(C(=O)Nc1ccc2[nH]c(=O)[nH]c2c1)c1ccccc1. The molecule has 5 nitrogen and oxygen atoms in total. The molecule has 0 spiro atoms. The van der Waals surface area contributed by atoms with Gasteiger partial charge in [-0.2, -0.15) is 0 Å². The number of anilines is 1. The molecule has 0 aliphatic carbocycles. The van der Waals surface area contributed by atoms with Crippen LogP contribution in [-0.4, -0.2) is 15.9 Å². The van der Waals surface area contributed by atoms with Gasteiger partial charge in [0.15, 0.2) is 0 Å². The molecule has 22 heavy (non-hydrogen) atoms. The first-order valence-corrected chi connectivity index (χ1v) is 7.06. The van der Waals surface area contributed by atoms with Crippen molar-refractivity contribution >= 4 is 22.6 Å². The number of H-pyrrole nitrogens is 2. The Morgan fingerprint density at radius 1 is 1.00 bits per heavy atom. The largest absolute Gasteiger partial charge is 0.325 e. The fourth-order valence-corrected chi connectivity index (χ4v) is 2.38. The minimum absolute atomic E-state index is 0.101. The molecular formula is C17H17N3O2. The Balaban J connectivity index is 1.87. The van der Waals surface area contributed by atoms with E-state index in [1.54, 1.807) is 18.2 Å². The highest BCUT2D eigenvalue weighted by molar-refractivity contribution is 5.99. The van der Waals surface area contributed by atoms with Crippen molar-refractivity contribution in [1.82, 2.24) is 9.97 Å². The first-order valence-electron chi connectivity index (χ1n) is 7.06. The number of hydrogen-bond acceptors (Lipinski definition) is 2. The minimum atomic E-state index is -0.651. The zero-order valence-electron chi connectivity index (χ0n) is 12.4. The van der Waals surface area contributed by atoms with Gasteiger partial charge in [-0.1, -0.05) is 30.3 Å². The maximum absolute atomic E-state index is 12.6. The maximum atomic E-state index is 12.6. The molecule has 0 aliphatic heterocycles. The quantitative estimate of drug-likeness (QED) is 0.694. The maximum Gasteiger partial charge on any atom is 0.323 e. The average molecular weight is 295 g/mol. The van der Waals surface area contributed by atoms with E-state index in [1.807, 2.05) is 44.2 Å². The molecule has 1 amide bonds. The van der Waals surface area contributed by atoms with Gasteiger partial charge < -0.3 is 15.3 Å². The number of rotatable bonds is 3. The van der Waals surface area contributed by atoms with Crippen LogP contribution in [0, 0.1) is 0 Å². The Hall–Kier alpha value is -2.82. The van der Waals surface area contributed by atoms with Gasteiger partial charge in [0.25, 0.3) is 0 Å². The molecule has 0 fully saturated rings. The van der Waals surface area contributed by atoms with Crippen LogP contribution in [-0.2, 0) is 10.2 Å². The molecule has 2 aromatic carbocycles. The van der Waals surface area contributed by atoms with E-state index < -0.39 is 5.41 Å². The van der Waals surface area contributed by atoms with E-state index in [9.17, 15) is 9.59 Å². The zero-order chi connectivity index (χ0) is 15.7. The summed E-state index contributed by atoms with van der Waals surface area (Å²) in [6.45, 7) is 3.77. The molecule has 5 heteroatoms. The lowest BCUT2D eigenvalue weighted by molar-refractivity contribution is -0.120. The van der Waals surface area contributed by atoms with E-state index in [0.29, 0.717) is 16.7 Å². The molecule has 0 atom stereocenters. The highest BCUT2D eigenvalue weighted by atomic mass is 16.2. The molecular weight excluding hydrogens is 278 g/mol. The number of nitrogens with one attached hydrogen (secondary N) is 3. The van der Waals surface area contributed by atoms with Gasteiger partial charge in [0.05, 0.1) is 16.4 Å². The predicted molar refractivity (Wildman–Crippen MR) is 87.0 cm³/mol. The van der Waals surface area contributed by atoms with Gasteiger partial charge in [-0.05, 0) is 37.6 Å². The normalized spacial score (nSPS) is 11.5. The standard InChI is InChI=1S/C17H17N3O2/c1-17(2,11-6-4-3-5-7-11)15(21)18-12-8-9-13-14(10-12)20-16(22)19-13/h3-10H,1-2H3,(H,18,21)(H2,19,20,22). The summed E-state index contributed by atoms with van der Waals surface area (Å²) in [5.41, 5.74) is 2.07. The Morgan fingerprint density at radius 3 is 2.41 bits per heavy atom. The number of fused-ring (bicyclic) bond motifs is 1. The molecule has 0 saturated heterocycles. The van der Waals surface area contributed by atoms with E-state index in [-0.39, 0.29) is 11.6 Å². The average Bonchev–Trinajstić information content (AvgIpc) is 2.87. The highest BCUT2D eigenvalue weighted by Crippen LogP contribution is 2.25. The molecule has 0 saturated carbocycles. The van der Waals surface area contributed by atoms with E-state index in [4.69, 9.17) is 0 Å². The lowest BCUT2D eigenvalue weighted by Gasteiger charge is -2.24. The van der Waals surface area contributed by atoms with Crippen molar-refractivity contribution in [3.8, 4) is 0 Å². The van der Waals surface area contributed by atoms with E-state index in [1.165, 1.54) is 0 Å². The van der Waals surface area contributed by atoms with E-state index >= 15 is 0 Å². The van der Waals surface area contributed by atoms with Crippen LogP contribution in [0.1, 0.15) is 19.4 Å². The summed E-state index contributed by atoms with van der Waals surface area (Å²) in [5.74, 6) is -0.101. The Bertz CT molecular complexity index is 876. The number of benzene rings is 2. The molecule has 1 heterocycles. The second-order valence-electron chi connectivity index (χ2n) is 5.78. The number of carbonyl (C=O) groups is 1. The topological polar surface area (TPSA) is 77.8 Å². The highest BCUT2D eigenvalue weighted by Gasteiger charge is 2.29. The molecule has 0 radical (unpaired) electrons. The van der Waals surface area contributed by atoms with Gasteiger partial charge in [-0.3, -0.25) is 4.79 Å². The van der Waals surface area contributed by atoms with Crippen molar-refractivity contribution in [2.24, 2.45) is 0 Å². The lowest BCUT2D eigenvalue weighted by atomic mass is 9.83. The fraction of sp³-hybridized carbons (Fsp3) is 0.176. The Morgan fingerprint density at radius 2 is 1.68 bits per heavy atom. The second kappa shape index (κ2) is 5.18. The summed E-state index contributed by atoms with van der Waals surface area (Å²) >= 11 is 0. The molecule has 1 aromatic heterocycles. The summed E-state index contributed by atoms with van der Waals surface area (Å²) in [4.78, 5) is 29.2. The summed E-state index contributed by atoms with van der Waals surface area (Å²) in [5, 5.41) is 2.91. The number of aromatic nitrogens is 2. The number of carbonyl (C=O) groups excluding carboxylic acids is 1. The number of amides is 1. The smallest absolute Gasteiger partial charge is 0.323 e. The van der Waals surface area contributed by atoms with Crippen LogP contribution >= 0.6 is 0 Å². The van der Waals surface area contributed by atoms with Crippen molar-refractivity contribution in [3.05, 3.63) is 64.6 Å². The minimum Gasteiger partial charge on any atom is -0.325 e. The van der Waals surface area contributed by atoms with Gasteiger partial charge in [0.1, 0.15) is 0 Å². The molecule has 3 aromatic rings. The van der Waals surface area contributed by atoms with Gasteiger partial charge in [-0.15, -0.1) is 0 Å². The summed E-state index contributed by atoms with van der Waals surface area (Å²) in [6.07, 6.45) is 0. The lowest BCUT2D eigenvalue weighted by Crippen LogP contribution is -2.34. The van der Waals surface area contributed by atoms with Gasteiger partial charge in [-0.25, -0.2) is 4.79 Å². The van der Waals surface area contributed by atoms with Gasteiger partial charge in [0.2, 0.25) is 5.91 Å². The fourth-order valence-electron chi connectivity index (χ4n) is 2.38. The van der Waals surface area contributed by atoms with Crippen molar-refractivity contribution in [2.75, 3.05) is 5.32 Å². The van der Waals surface area contributed by atoms with Crippen molar-refractivity contribution in [1.29, 1.82) is 0 Å². The van der Waals surface area contributed by atoms with Crippen LogP contribution in [0.5, 0.6) is 0 Å². The zero-order valence-corrected chi connectivity index (χ0v) is 12.4. The second-order valence-corrected chi connectivity index (χ2v) is 5.78.